The summed E-state index contributed by atoms with van der Waals surface area (Å²) in [6.07, 6.45) is 5.56. The van der Waals surface area contributed by atoms with E-state index in [2.05, 4.69) is 36.3 Å². The van der Waals surface area contributed by atoms with Crippen LogP contribution in [0.4, 0.5) is 0 Å². The SMILES string of the molecule is CCCn1nnc(C=O)c1/C=C/c1ccc(C)cc1. The predicted molar refractivity (Wildman–Crippen MR) is 75.8 cm³/mol. The molecule has 1 heterocycles. The van der Waals surface area contributed by atoms with Crippen LogP contribution < -0.4 is 0 Å². The molecular weight excluding hydrogens is 238 g/mol. The normalized spacial score (nSPS) is 11.1. The molecule has 0 saturated heterocycles. The zero-order chi connectivity index (χ0) is 13.7. The highest BCUT2D eigenvalue weighted by atomic mass is 16.1. The van der Waals surface area contributed by atoms with E-state index < -0.39 is 0 Å². The van der Waals surface area contributed by atoms with E-state index in [4.69, 9.17) is 0 Å². The molecule has 0 unspecified atom stereocenters. The Kier molecular flexibility index (Phi) is 4.23. The molecule has 0 fully saturated rings. The molecule has 0 spiro atoms. The van der Waals surface area contributed by atoms with Crippen molar-refractivity contribution in [3.8, 4) is 0 Å². The summed E-state index contributed by atoms with van der Waals surface area (Å²) in [5.74, 6) is 0. The van der Waals surface area contributed by atoms with Crippen LogP contribution in [0.5, 0.6) is 0 Å². The van der Waals surface area contributed by atoms with E-state index in [0.29, 0.717) is 5.69 Å². The molecule has 2 rings (SSSR count). The monoisotopic (exact) mass is 255 g/mol. The molecular formula is C15H17N3O. The smallest absolute Gasteiger partial charge is 0.172 e. The molecule has 2 aromatic rings. The summed E-state index contributed by atoms with van der Waals surface area (Å²) in [6, 6.07) is 8.20. The summed E-state index contributed by atoms with van der Waals surface area (Å²) < 4.78 is 1.76. The zero-order valence-corrected chi connectivity index (χ0v) is 11.2. The van der Waals surface area contributed by atoms with Crippen LogP contribution in [0.15, 0.2) is 24.3 Å². The van der Waals surface area contributed by atoms with Crippen molar-refractivity contribution in [2.24, 2.45) is 0 Å². The van der Waals surface area contributed by atoms with Gasteiger partial charge in [0.25, 0.3) is 0 Å². The fourth-order valence-corrected chi connectivity index (χ4v) is 1.82. The number of carbonyl (C=O) groups is 1. The first kappa shape index (κ1) is 13.2. The molecule has 1 aromatic carbocycles. The number of benzene rings is 1. The van der Waals surface area contributed by atoms with Crippen molar-refractivity contribution in [1.29, 1.82) is 0 Å². The standard InChI is InChI=1S/C15H17N3O/c1-3-10-18-15(14(11-19)16-17-18)9-8-13-6-4-12(2)5-7-13/h4-9,11H,3,10H2,1-2H3/b9-8+. The van der Waals surface area contributed by atoms with Crippen LogP contribution in [0.2, 0.25) is 0 Å². The topological polar surface area (TPSA) is 47.8 Å². The maximum absolute atomic E-state index is 11.0. The molecule has 0 radical (unpaired) electrons. The summed E-state index contributed by atoms with van der Waals surface area (Å²) in [4.78, 5) is 11.0. The molecule has 4 heteroatoms. The van der Waals surface area contributed by atoms with Gasteiger partial charge < -0.3 is 0 Å². The van der Waals surface area contributed by atoms with Gasteiger partial charge in [-0.05, 0) is 25.0 Å². The highest BCUT2D eigenvalue weighted by molar-refractivity contribution is 5.81. The van der Waals surface area contributed by atoms with Gasteiger partial charge in [-0.25, -0.2) is 4.68 Å². The van der Waals surface area contributed by atoms with Crippen molar-refractivity contribution in [2.45, 2.75) is 26.8 Å². The van der Waals surface area contributed by atoms with Crippen LogP contribution in [0.3, 0.4) is 0 Å². The average molecular weight is 255 g/mol. The Morgan fingerprint density at radius 3 is 2.58 bits per heavy atom. The van der Waals surface area contributed by atoms with Crippen LogP contribution in [-0.4, -0.2) is 21.3 Å². The largest absolute Gasteiger partial charge is 0.296 e. The van der Waals surface area contributed by atoms with Crippen LogP contribution in [0.25, 0.3) is 12.2 Å². The minimum Gasteiger partial charge on any atom is -0.296 e. The lowest BCUT2D eigenvalue weighted by Crippen LogP contribution is -2.01. The molecule has 98 valence electrons. The number of aromatic nitrogens is 3. The van der Waals surface area contributed by atoms with Gasteiger partial charge in [-0.15, -0.1) is 5.10 Å². The number of aldehydes is 1. The van der Waals surface area contributed by atoms with Gasteiger partial charge in [0.05, 0.1) is 5.69 Å². The Morgan fingerprint density at radius 2 is 1.95 bits per heavy atom. The van der Waals surface area contributed by atoms with E-state index in [0.717, 1.165) is 30.5 Å². The van der Waals surface area contributed by atoms with Crippen LogP contribution >= 0.6 is 0 Å². The third kappa shape index (κ3) is 3.16. The van der Waals surface area contributed by atoms with Crippen molar-refractivity contribution in [3.63, 3.8) is 0 Å². The van der Waals surface area contributed by atoms with E-state index in [1.807, 2.05) is 24.3 Å². The Hall–Kier alpha value is -2.23. The lowest BCUT2D eigenvalue weighted by molar-refractivity contribution is 0.111. The summed E-state index contributed by atoms with van der Waals surface area (Å²) in [7, 11) is 0. The Bertz CT molecular complexity index is 582. The minimum atomic E-state index is 0.386. The van der Waals surface area contributed by atoms with Crippen molar-refractivity contribution in [3.05, 3.63) is 46.8 Å². The number of carbonyl (C=O) groups excluding carboxylic acids is 1. The highest BCUT2D eigenvalue weighted by Crippen LogP contribution is 2.11. The Labute approximate surface area is 112 Å². The molecule has 0 N–H and O–H groups in total. The van der Waals surface area contributed by atoms with Gasteiger partial charge in [-0.3, -0.25) is 4.79 Å². The quantitative estimate of drug-likeness (QED) is 0.772. The summed E-state index contributed by atoms with van der Waals surface area (Å²) in [5, 5.41) is 7.86. The average Bonchev–Trinajstić information content (AvgIpc) is 2.81. The number of hydrogen-bond donors (Lipinski definition) is 0. The second-order valence-electron chi connectivity index (χ2n) is 4.44. The molecule has 1 aromatic heterocycles. The van der Waals surface area contributed by atoms with Crippen LogP contribution in [0.1, 0.15) is 40.7 Å². The first-order valence-corrected chi connectivity index (χ1v) is 6.38. The van der Waals surface area contributed by atoms with Crippen LogP contribution in [-0.2, 0) is 6.54 Å². The number of aryl methyl sites for hydroxylation is 2. The molecule has 0 aliphatic carbocycles. The van der Waals surface area contributed by atoms with E-state index in [1.165, 1.54) is 5.56 Å². The lowest BCUT2D eigenvalue weighted by Gasteiger charge is -2.00. The van der Waals surface area contributed by atoms with Crippen molar-refractivity contribution < 1.29 is 4.79 Å². The number of hydrogen-bond acceptors (Lipinski definition) is 3. The summed E-state index contributed by atoms with van der Waals surface area (Å²) in [6.45, 7) is 4.88. The molecule has 0 atom stereocenters. The Morgan fingerprint density at radius 1 is 1.21 bits per heavy atom. The molecule has 0 aliphatic rings. The van der Waals surface area contributed by atoms with Crippen molar-refractivity contribution in [1.82, 2.24) is 15.0 Å². The second kappa shape index (κ2) is 6.09. The molecule has 4 nitrogen and oxygen atoms in total. The third-order valence-corrected chi connectivity index (χ3v) is 2.86. The second-order valence-corrected chi connectivity index (χ2v) is 4.44. The van der Waals surface area contributed by atoms with Gasteiger partial charge in [0.1, 0.15) is 0 Å². The van der Waals surface area contributed by atoms with Gasteiger partial charge >= 0.3 is 0 Å². The third-order valence-electron chi connectivity index (χ3n) is 2.86. The summed E-state index contributed by atoms with van der Waals surface area (Å²) >= 11 is 0. The first-order chi connectivity index (χ1) is 9.24. The van der Waals surface area contributed by atoms with Gasteiger partial charge in [-0.1, -0.05) is 48.0 Å². The van der Waals surface area contributed by atoms with Crippen LogP contribution in [0, 0.1) is 6.92 Å². The molecule has 0 aliphatic heterocycles. The minimum absolute atomic E-state index is 0.386. The summed E-state index contributed by atoms with van der Waals surface area (Å²) in [5.41, 5.74) is 3.46. The van der Waals surface area contributed by atoms with Crippen molar-refractivity contribution in [2.75, 3.05) is 0 Å². The zero-order valence-electron chi connectivity index (χ0n) is 11.2. The molecule has 0 saturated carbocycles. The van der Waals surface area contributed by atoms with E-state index >= 15 is 0 Å². The van der Waals surface area contributed by atoms with E-state index in [9.17, 15) is 4.79 Å². The fraction of sp³-hybridized carbons (Fsp3) is 0.267. The number of rotatable bonds is 5. The number of nitrogens with zero attached hydrogens (tertiary/aromatic N) is 3. The van der Waals surface area contributed by atoms with E-state index in [1.54, 1.807) is 4.68 Å². The van der Waals surface area contributed by atoms with Gasteiger partial charge in [0.15, 0.2) is 12.0 Å². The fourth-order valence-electron chi connectivity index (χ4n) is 1.82. The molecule has 19 heavy (non-hydrogen) atoms. The first-order valence-electron chi connectivity index (χ1n) is 6.38. The van der Waals surface area contributed by atoms with Gasteiger partial charge in [0, 0.05) is 6.54 Å². The Balaban J connectivity index is 2.28. The molecule has 0 bridgehead atoms. The van der Waals surface area contributed by atoms with Gasteiger partial charge in [0.2, 0.25) is 0 Å². The highest BCUT2D eigenvalue weighted by Gasteiger charge is 2.08. The van der Waals surface area contributed by atoms with E-state index in [-0.39, 0.29) is 0 Å². The maximum atomic E-state index is 11.0. The molecule has 0 amide bonds. The van der Waals surface area contributed by atoms with Gasteiger partial charge in [-0.2, -0.15) is 0 Å². The maximum Gasteiger partial charge on any atom is 0.172 e. The van der Waals surface area contributed by atoms with Crippen molar-refractivity contribution >= 4 is 18.4 Å². The lowest BCUT2D eigenvalue weighted by atomic mass is 10.1. The predicted octanol–water partition coefficient (Wildman–Crippen LogP) is 2.98.